The predicted octanol–water partition coefficient (Wildman–Crippen LogP) is 4.40. The minimum absolute atomic E-state index is 0.800. The molecule has 2 aromatic rings. The minimum Gasteiger partial charge on any atom is -0.315 e. The van der Waals surface area contributed by atoms with E-state index in [1.165, 1.54) is 35.3 Å². The normalized spacial score (nSPS) is 15.6. The van der Waals surface area contributed by atoms with E-state index in [4.69, 9.17) is 0 Å². The van der Waals surface area contributed by atoms with Crippen LogP contribution in [0.4, 0.5) is 0 Å². The van der Waals surface area contributed by atoms with Crippen LogP contribution in [0.25, 0.3) is 11.1 Å². The molecular formula is C16H19NS. The standard InChI is InChI=1S/C16H19NS/c1-17-10-14-9-13(11-18-14)16-8-3-2-7-15(16)12-5-4-6-12/h2-3,7-9,11-12,17H,4-6,10H2,1H3. The number of rotatable bonds is 4. The lowest BCUT2D eigenvalue weighted by molar-refractivity contribution is 0.420. The van der Waals surface area contributed by atoms with E-state index >= 15 is 0 Å². The molecule has 0 radical (unpaired) electrons. The fourth-order valence-corrected chi connectivity index (χ4v) is 3.52. The van der Waals surface area contributed by atoms with Crippen molar-refractivity contribution < 1.29 is 0 Å². The van der Waals surface area contributed by atoms with Gasteiger partial charge in [0, 0.05) is 11.4 Å². The lowest BCUT2D eigenvalue weighted by atomic mass is 9.77. The molecule has 1 aliphatic rings. The molecule has 1 saturated carbocycles. The summed E-state index contributed by atoms with van der Waals surface area (Å²) in [7, 11) is 2.00. The molecular weight excluding hydrogens is 238 g/mol. The van der Waals surface area contributed by atoms with Gasteiger partial charge in [-0.15, -0.1) is 11.3 Å². The molecule has 18 heavy (non-hydrogen) atoms. The molecule has 0 atom stereocenters. The molecule has 3 rings (SSSR count). The van der Waals surface area contributed by atoms with Crippen molar-refractivity contribution in [2.75, 3.05) is 7.05 Å². The summed E-state index contributed by atoms with van der Waals surface area (Å²) in [6.45, 7) is 0.969. The van der Waals surface area contributed by atoms with Gasteiger partial charge in [-0.25, -0.2) is 0 Å². The first-order valence-electron chi connectivity index (χ1n) is 6.70. The molecule has 1 fully saturated rings. The summed E-state index contributed by atoms with van der Waals surface area (Å²) in [5.41, 5.74) is 4.39. The van der Waals surface area contributed by atoms with Crippen molar-refractivity contribution in [3.05, 3.63) is 46.2 Å². The summed E-state index contributed by atoms with van der Waals surface area (Å²) in [5.74, 6) is 0.800. The first-order chi connectivity index (χ1) is 8.88. The number of nitrogens with one attached hydrogen (secondary N) is 1. The van der Waals surface area contributed by atoms with Gasteiger partial charge in [0.15, 0.2) is 0 Å². The average molecular weight is 257 g/mol. The van der Waals surface area contributed by atoms with Crippen LogP contribution in [0, 0.1) is 0 Å². The van der Waals surface area contributed by atoms with Gasteiger partial charge in [-0.05, 0) is 53.9 Å². The molecule has 1 N–H and O–H groups in total. The summed E-state index contributed by atoms with van der Waals surface area (Å²) in [4.78, 5) is 1.41. The van der Waals surface area contributed by atoms with Gasteiger partial charge < -0.3 is 5.32 Å². The zero-order valence-electron chi connectivity index (χ0n) is 10.8. The summed E-state index contributed by atoms with van der Waals surface area (Å²) in [5, 5.41) is 5.51. The predicted molar refractivity (Wildman–Crippen MR) is 79.1 cm³/mol. The number of hydrogen-bond donors (Lipinski definition) is 1. The van der Waals surface area contributed by atoms with Crippen LogP contribution >= 0.6 is 11.3 Å². The molecule has 0 amide bonds. The van der Waals surface area contributed by atoms with E-state index in [9.17, 15) is 0 Å². The van der Waals surface area contributed by atoms with E-state index in [0.29, 0.717) is 0 Å². The van der Waals surface area contributed by atoms with Crippen molar-refractivity contribution in [2.24, 2.45) is 0 Å². The Morgan fingerprint density at radius 2 is 2.11 bits per heavy atom. The lowest BCUT2D eigenvalue weighted by Crippen LogP contribution is -2.09. The largest absolute Gasteiger partial charge is 0.315 e. The van der Waals surface area contributed by atoms with Crippen LogP contribution in [0.3, 0.4) is 0 Å². The van der Waals surface area contributed by atoms with Gasteiger partial charge in [-0.2, -0.15) is 0 Å². The maximum absolute atomic E-state index is 3.22. The fourth-order valence-electron chi connectivity index (χ4n) is 2.62. The van der Waals surface area contributed by atoms with Crippen LogP contribution in [-0.2, 0) is 6.54 Å². The zero-order valence-corrected chi connectivity index (χ0v) is 11.6. The molecule has 0 bridgehead atoms. The first kappa shape index (κ1) is 11.9. The molecule has 1 aromatic carbocycles. The number of thiophene rings is 1. The molecule has 1 heterocycles. The first-order valence-corrected chi connectivity index (χ1v) is 7.58. The van der Waals surface area contributed by atoms with Crippen molar-refractivity contribution in [3.63, 3.8) is 0 Å². The Labute approximate surface area is 113 Å². The van der Waals surface area contributed by atoms with Crippen molar-refractivity contribution >= 4 is 11.3 Å². The fraction of sp³-hybridized carbons (Fsp3) is 0.375. The van der Waals surface area contributed by atoms with Crippen molar-refractivity contribution in [3.8, 4) is 11.1 Å². The number of hydrogen-bond acceptors (Lipinski definition) is 2. The Balaban J connectivity index is 1.94. The average Bonchev–Trinajstić information content (AvgIpc) is 2.77. The number of benzene rings is 1. The van der Waals surface area contributed by atoms with Gasteiger partial charge >= 0.3 is 0 Å². The molecule has 0 spiro atoms. The van der Waals surface area contributed by atoms with Gasteiger partial charge in [0.05, 0.1) is 0 Å². The molecule has 2 heteroatoms. The summed E-state index contributed by atoms with van der Waals surface area (Å²) in [6.07, 6.45) is 4.13. The quantitative estimate of drug-likeness (QED) is 0.856. The highest BCUT2D eigenvalue weighted by Gasteiger charge is 2.22. The molecule has 0 saturated heterocycles. The van der Waals surface area contributed by atoms with Crippen molar-refractivity contribution in [2.45, 2.75) is 31.7 Å². The molecule has 94 valence electrons. The van der Waals surface area contributed by atoms with E-state index in [1.54, 1.807) is 5.56 Å². The van der Waals surface area contributed by atoms with Crippen molar-refractivity contribution in [1.82, 2.24) is 5.32 Å². The van der Waals surface area contributed by atoms with E-state index in [-0.39, 0.29) is 0 Å². The third kappa shape index (κ3) is 2.23. The summed E-state index contributed by atoms with van der Waals surface area (Å²) < 4.78 is 0. The Bertz CT molecular complexity index is 525. The van der Waals surface area contributed by atoms with Gasteiger partial charge in [-0.1, -0.05) is 30.7 Å². The van der Waals surface area contributed by atoms with Gasteiger partial charge in [0.25, 0.3) is 0 Å². The maximum atomic E-state index is 3.22. The van der Waals surface area contributed by atoms with Gasteiger partial charge in [0.2, 0.25) is 0 Å². The minimum atomic E-state index is 0.800. The van der Waals surface area contributed by atoms with Gasteiger partial charge in [0.1, 0.15) is 0 Å². The van der Waals surface area contributed by atoms with E-state index < -0.39 is 0 Å². The SMILES string of the molecule is CNCc1cc(-c2ccccc2C2CCC2)cs1. The van der Waals surface area contributed by atoms with Crippen LogP contribution in [0.5, 0.6) is 0 Å². The van der Waals surface area contributed by atoms with E-state index in [0.717, 1.165) is 12.5 Å². The monoisotopic (exact) mass is 257 g/mol. The van der Waals surface area contributed by atoms with E-state index in [2.05, 4.69) is 41.0 Å². The second-order valence-corrected chi connectivity index (χ2v) is 6.04. The van der Waals surface area contributed by atoms with Crippen LogP contribution in [0.15, 0.2) is 35.7 Å². The van der Waals surface area contributed by atoms with Crippen molar-refractivity contribution in [1.29, 1.82) is 0 Å². The maximum Gasteiger partial charge on any atom is 0.0296 e. The molecule has 0 aliphatic heterocycles. The zero-order chi connectivity index (χ0) is 12.4. The molecule has 1 aromatic heterocycles. The smallest absolute Gasteiger partial charge is 0.0296 e. The van der Waals surface area contributed by atoms with Crippen LogP contribution in [0.2, 0.25) is 0 Å². The Kier molecular flexibility index (Phi) is 3.48. The molecule has 1 nitrogen and oxygen atoms in total. The Hall–Kier alpha value is -1.12. The molecule has 0 unspecified atom stereocenters. The van der Waals surface area contributed by atoms with Gasteiger partial charge in [-0.3, -0.25) is 0 Å². The molecule has 1 aliphatic carbocycles. The topological polar surface area (TPSA) is 12.0 Å². The summed E-state index contributed by atoms with van der Waals surface area (Å²) in [6, 6.07) is 11.3. The lowest BCUT2D eigenvalue weighted by Gasteiger charge is -2.27. The highest BCUT2D eigenvalue weighted by atomic mass is 32.1. The van der Waals surface area contributed by atoms with E-state index in [1.807, 2.05) is 18.4 Å². The van der Waals surface area contributed by atoms with Crippen LogP contribution in [-0.4, -0.2) is 7.05 Å². The summed E-state index contributed by atoms with van der Waals surface area (Å²) >= 11 is 1.85. The Morgan fingerprint density at radius 1 is 1.28 bits per heavy atom. The second-order valence-electron chi connectivity index (χ2n) is 5.05. The highest BCUT2D eigenvalue weighted by molar-refractivity contribution is 7.10. The highest BCUT2D eigenvalue weighted by Crippen LogP contribution is 2.41. The van der Waals surface area contributed by atoms with Crippen LogP contribution < -0.4 is 5.32 Å². The Morgan fingerprint density at radius 3 is 2.83 bits per heavy atom. The second kappa shape index (κ2) is 5.25. The third-order valence-electron chi connectivity index (χ3n) is 3.82. The third-order valence-corrected chi connectivity index (χ3v) is 4.76. The van der Waals surface area contributed by atoms with Crippen LogP contribution in [0.1, 0.15) is 35.6 Å².